The van der Waals surface area contributed by atoms with Crippen molar-refractivity contribution < 1.29 is 19.1 Å². The predicted octanol–water partition coefficient (Wildman–Crippen LogP) is 3.65. The van der Waals surface area contributed by atoms with Crippen molar-refractivity contribution in [2.24, 2.45) is 11.3 Å². The average Bonchev–Trinajstić information content (AvgIpc) is 2.50. The number of ether oxygens (including phenoxy) is 2. The molecule has 0 aromatic rings. The molecule has 1 fully saturated rings. The molecular weight excluding hydrogens is 268 g/mol. The molecule has 0 amide bonds. The van der Waals surface area contributed by atoms with Crippen molar-refractivity contribution in [3.8, 4) is 0 Å². The fourth-order valence-corrected chi connectivity index (χ4v) is 3.36. The second kappa shape index (κ2) is 9.59. The van der Waals surface area contributed by atoms with Gasteiger partial charge in [-0.25, -0.2) is 4.79 Å². The maximum Gasteiger partial charge on any atom is 0.330 e. The third kappa shape index (κ3) is 6.32. The number of hydrogen-bond acceptors (Lipinski definition) is 4. The average molecular weight is 296 g/mol. The standard InChI is InChI=1S/C17H28O4/c1-3-5-15-6-8-17(9-7-15,10-12-20-14-18)11-13-21-16(19)4-2/h4,14-15H,2-3,5-13H2,1H3. The highest BCUT2D eigenvalue weighted by Gasteiger charge is 2.34. The number of rotatable bonds is 10. The largest absolute Gasteiger partial charge is 0.468 e. The Labute approximate surface area is 127 Å². The Bertz CT molecular complexity index is 330. The van der Waals surface area contributed by atoms with Gasteiger partial charge in [-0.15, -0.1) is 0 Å². The summed E-state index contributed by atoms with van der Waals surface area (Å²) in [6, 6.07) is 0. The Morgan fingerprint density at radius 2 is 1.95 bits per heavy atom. The molecule has 0 aliphatic heterocycles. The second-order valence-corrected chi connectivity index (χ2v) is 6.07. The van der Waals surface area contributed by atoms with Crippen LogP contribution in [0.2, 0.25) is 0 Å². The van der Waals surface area contributed by atoms with Gasteiger partial charge in [-0.3, -0.25) is 4.79 Å². The van der Waals surface area contributed by atoms with Crippen LogP contribution in [0.5, 0.6) is 0 Å². The maximum atomic E-state index is 11.1. The van der Waals surface area contributed by atoms with Gasteiger partial charge < -0.3 is 9.47 Å². The van der Waals surface area contributed by atoms with E-state index in [4.69, 9.17) is 9.47 Å². The minimum atomic E-state index is -0.367. The molecule has 21 heavy (non-hydrogen) atoms. The van der Waals surface area contributed by atoms with Gasteiger partial charge in [0.15, 0.2) is 0 Å². The molecule has 1 saturated carbocycles. The molecule has 0 aromatic heterocycles. The van der Waals surface area contributed by atoms with Crippen molar-refractivity contribution in [2.45, 2.75) is 58.3 Å². The van der Waals surface area contributed by atoms with Crippen molar-refractivity contribution in [3.05, 3.63) is 12.7 Å². The van der Waals surface area contributed by atoms with E-state index in [1.165, 1.54) is 31.8 Å². The molecule has 0 saturated heterocycles. The van der Waals surface area contributed by atoms with Crippen molar-refractivity contribution >= 4 is 12.4 Å². The third-order valence-electron chi connectivity index (χ3n) is 4.72. The Balaban J connectivity index is 2.48. The fraction of sp³-hybridized carbons (Fsp3) is 0.765. The Kier molecular flexibility index (Phi) is 8.09. The zero-order valence-corrected chi connectivity index (χ0v) is 13.1. The lowest BCUT2D eigenvalue weighted by Gasteiger charge is -2.40. The van der Waals surface area contributed by atoms with E-state index in [1.54, 1.807) is 0 Å². The van der Waals surface area contributed by atoms with Crippen LogP contribution in [0, 0.1) is 11.3 Å². The summed E-state index contributed by atoms with van der Waals surface area (Å²) >= 11 is 0. The molecule has 0 spiro atoms. The van der Waals surface area contributed by atoms with Crippen LogP contribution in [-0.4, -0.2) is 25.7 Å². The summed E-state index contributed by atoms with van der Waals surface area (Å²) in [4.78, 5) is 21.5. The van der Waals surface area contributed by atoms with Gasteiger partial charge >= 0.3 is 5.97 Å². The Hall–Kier alpha value is -1.32. The van der Waals surface area contributed by atoms with Crippen LogP contribution in [0.25, 0.3) is 0 Å². The molecular formula is C17H28O4. The first kappa shape index (κ1) is 17.7. The second-order valence-electron chi connectivity index (χ2n) is 6.07. The summed E-state index contributed by atoms with van der Waals surface area (Å²) in [6.45, 7) is 7.02. The minimum absolute atomic E-state index is 0.148. The van der Waals surface area contributed by atoms with Crippen LogP contribution < -0.4 is 0 Å². The molecule has 4 nitrogen and oxygen atoms in total. The first-order chi connectivity index (χ1) is 10.2. The Morgan fingerprint density at radius 1 is 1.29 bits per heavy atom. The van der Waals surface area contributed by atoms with Crippen LogP contribution in [0.4, 0.5) is 0 Å². The van der Waals surface area contributed by atoms with Gasteiger partial charge in [0, 0.05) is 6.08 Å². The van der Waals surface area contributed by atoms with E-state index < -0.39 is 0 Å². The zero-order valence-electron chi connectivity index (χ0n) is 13.1. The highest BCUT2D eigenvalue weighted by Crippen LogP contribution is 2.45. The van der Waals surface area contributed by atoms with Gasteiger partial charge in [0.2, 0.25) is 0 Å². The lowest BCUT2D eigenvalue weighted by molar-refractivity contribution is -0.138. The molecule has 0 heterocycles. The number of carbonyl (C=O) groups excluding carboxylic acids is 2. The first-order valence-electron chi connectivity index (χ1n) is 8.00. The van der Waals surface area contributed by atoms with E-state index in [1.807, 2.05) is 0 Å². The van der Waals surface area contributed by atoms with E-state index in [0.29, 0.717) is 19.7 Å². The summed E-state index contributed by atoms with van der Waals surface area (Å²) in [7, 11) is 0. The molecule has 0 N–H and O–H groups in total. The highest BCUT2D eigenvalue weighted by molar-refractivity contribution is 5.81. The molecule has 1 aliphatic rings. The predicted molar refractivity (Wildman–Crippen MR) is 81.7 cm³/mol. The first-order valence-corrected chi connectivity index (χ1v) is 8.00. The van der Waals surface area contributed by atoms with E-state index in [2.05, 4.69) is 13.5 Å². The number of esters is 1. The van der Waals surface area contributed by atoms with E-state index >= 15 is 0 Å². The minimum Gasteiger partial charge on any atom is -0.468 e. The van der Waals surface area contributed by atoms with Crippen LogP contribution in [0.3, 0.4) is 0 Å². The third-order valence-corrected chi connectivity index (χ3v) is 4.72. The van der Waals surface area contributed by atoms with Crippen molar-refractivity contribution in [2.75, 3.05) is 13.2 Å². The van der Waals surface area contributed by atoms with Crippen molar-refractivity contribution in [3.63, 3.8) is 0 Å². The quantitative estimate of drug-likeness (QED) is 0.267. The van der Waals surface area contributed by atoms with Gasteiger partial charge in [-0.1, -0.05) is 26.3 Å². The molecule has 0 aromatic carbocycles. The van der Waals surface area contributed by atoms with Gasteiger partial charge in [-0.05, 0) is 49.9 Å². The van der Waals surface area contributed by atoms with Gasteiger partial charge in [0.05, 0.1) is 13.2 Å². The smallest absolute Gasteiger partial charge is 0.330 e. The summed E-state index contributed by atoms with van der Waals surface area (Å²) < 4.78 is 10.0. The van der Waals surface area contributed by atoms with Crippen molar-refractivity contribution in [1.82, 2.24) is 0 Å². The van der Waals surface area contributed by atoms with E-state index in [9.17, 15) is 9.59 Å². The lowest BCUT2D eigenvalue weighted by atomic mass is 9.66. The molecule has 1 rings (SSSR count). The number of carbonyl (C=O) groups is 2. The Morgan fingerprint density at radius 3 is 2.52 bits per heavy atom. The van der Waals surface area contributed by atoms with Crippen LogP contribution in [-0.2, 0) is 19.1 Å². The topological polar surface area (TPSA) is 52.6 Å². The summed E-state index contributed by atoms with van der Waals surface area (Å²) in [6.07, 6.45) is 10.1. The maximum absolute atomic E-state index is 11.1. The van der Waals surface area contributed by atoms with Gasteiger partial charge in [0.1, 0.15) is 0 Å². The lowest BCUT2D eigenvalue weighted by Crippen LogP contribution is -2.30. The van der Waals surface area contributed by atoms with E-state index in [-0.39, 0.29) is 11.4 Å². The number of hydrogen-bond donors (Lipinski definition) is 0. The SMILES string of the molecule is C=CC(=O)OCCC1(CCOC=O)CCC(CCC)CC1. The molecule has 4 heteroatoms. The van der Waals surface area contributed by atoms with Crippen LogP contribution in [0.15, 0.2) is 12.7 Å². The van der Waals surface area contributed by atoms with Crippen LogP contribution in [0.1, 0.15) is 58.3 Å². The molecule has 0 unspecified atom stereocenters. The summed E-state index contributed by atoms with van der Waals surface area (Å²) in [5.41, 5.74) is 0.148. The monoisotopic (exact) mass is 296 g/mol. The summed E-state index contributed by atoms with van der Waals surface area (Å²) in [5.74, 6) is 0.458. The highest BCUT2D eigenvalue weighted by atomic mass is 16.5. The molecule has 0 radical (unpaired) electrons. The summed E-state index contributed by atoms with van der Waals surface area (Å²) in [5, 5.41) is 0. The zero-order chi connectivity index (χ0) is 15.6. The molecule has 120 valence electrons. The van der Waals surface area contributed by atoms with Gasteiger partial charge in [-0.2, -0.15) is 0 Å². The fourth-order valence-electron chi connectivity index (χ4n) is 3.36. The van der Waals surface area contributed by atoms with E-state index in [0.717, 1.165) is 31.6 Å². The van der Waals surface area contributed by atoms with Crippen molar-refractivity contribution in [1.29, 1.82) is 0 Å². The molecule has 0 bridgehead atoms. The van der Waals surface area contributed by atoms with Crippen LogP contribution >= 0.6 is 0 Å². The molecule has 1 aliphatic carbocycles. The normalized spacial score (nSPS) is 25.1. The van der Waals surface area contributed by atoms with Gasteiger partial charge in [0.25, 0.3) is 6.47 Å². The molecule has 0 atom stereocenters.